The lowest BCUT2D eigenvalue weighted by atomic mass is 9.91. The first kappa shape index (κ1) is 11.0. The first-order valence-corrected chi connectivity index (χ1v) is 5.67. The van der Waals surface area contributed by atoms with Crippen LogP contribution in [0.2, 0.25) is 0 Å². The minimum absolute atomic E-state index is 0.723. The van der Waals surface area contributed by atoms with Gasteiger partial charge in [-0.1, -0.05) is 13.8 Å². The Bertz CT molecular complexity index is 130. The van der Waals surface area contributed by atoms with Crippen LogP contribution >= 0.6 is 0 Å². The molecule has 1 atom stereocenters. The summed E-state index contributed by atoms with van der Waals surface area (Å²) in [5.41, 5.74) is 5.71. The zero-order valence-electron chi connectivity index (χ0n) is 9.05. The predicted molar refractivity (Wildman–Crippen MR) is 57.6 cm³/mol. The van der Waals surface area contributed by atoms with E-state index in [0.717, 1.165) is 24.4 Å². The van der Waals surface area contributed by atoms with Crippen LogP contribution in [-0.2, 0) is 0 Å². The minimum atomic E-state index is 0.723. The molecule has 1 aliphatic carbocycles. The van der Waals surface area contributed by atoms with Crippen molar-refractivity contribution in [2.75, 3.05) is 13.1 Å². The fourth-order valence-electron chi connectivity index (χ4n) is 1.68. The third-order valence-corrected chi connectivity index (χ3v) is 3.01. The highest BCUT2D eigenvalue weighted by Gasteiger charge is 2.19. The van der Waals surface area contributed by atoms with E-state index < -0.39 is 0 Å². The van der Waals surface area contributed by atoms with Gasteiger partial charge >= 0.3 is 0 Å². The van der Waals surface area contributed by atoms with E-state index in [0.29, 0.717) is 0 Å². The number of nitrogens with two attached hydrogens (primary N) is 1. The molecule has 2 nitrogen and oxygen atoms in total. The summed E-state index contributed by atoms with van der Waals surface area (Å²) in [6, 6.07) is 0.857. The maximum Gasteiger partial charge on any atom is 0.00682 e. The topological polar surface area (TPSA) is 38.0 Å². The van der Waals surface area contributed by atoms with Crippen LogP contribution < -0.4 is 11.1 Å². The van der Waals surface area contributed by atoms with E-state index in [1.165, 1.54) is 32.2 Å². The molecule has 13 heavy (non-hydrogen) atoms. The molecule has 0 heterocycles. The summed E-state index contributed by atoms with van der Waals surface area (Å²) >= 11 is 0. The molecule has 1 fully saturated rings. The second-order valence-electron chi connectivity index (χ2n) is 4.61. The van der Waals surface area contributed by atoms with Gasteiger partial charge in [0.15, 0.2) is 0 Å². The van der Waals surface area contributed by atoms with Gasteiger partial charge in [0.2, 0.25) is 0 Å². The molecule has 2 heteroatoms. The summed E-state index contributed by atoms with van der Waals surface area (Å²) in [6.07, 6.45) is 5.36. The summed E-state index contributed by atoms with van der Waals surface area (Å²) in [7, 11) is 0. The minimum Gasteiger partial charge on any atom is -0.330 e. The van der Waals surface area contributed by atoms with E-state index in [9.17, 15) is 0 Å². The predicted octanol–water partition coefficient (Wildman–Crippen LogP) is 1.75. The van der Waals surface area contributed by atoms with Crippen molar-refractivity contribution in [1.82, 2.24) is 5.32 Å². The number of hydrogen-bond donors (Lipinski definition) is 2. The van der Waals surface area contributed by atoms with Crippen molar-refractivity contribution in [1.29, 1.82) is 0 Å². The number of hydrogen-bond acceptors (Lipinski definition) is 2. The van der Waals surface area contributed by atoms with Gasteiger partial charge in [-0.2, -0.15) is 0 Å². The molecule has 0 radical (unpaired) electrons. The Labute approximate surface area is 82.3 Å². The quantitative estimate of drug-likeness (QED) is 0.592. The van der Waals surface area contributed by atoms with Crippen molar-refractivity contribution >= 4 is 0 Å². The summed E-state index contributed by atoms with van der Waals surface area (Å²) in [5.74, 6) is 1.46. The molecule has 78 valence electrons. The number of nitrogens with one attached hydrogen (secondary N) is 1. The molecule has 0 spiro atoms. The SMILES string of the molecule is CC(C)C(CN)CCCNC1CC1. The van der Waals surface area contributed by atoms with Gasteiger partial charge in [-0.3, -0.25) is 0 Å². The van der Waals surface area contributed by atoms with Crippen LogP contribution in [0, 0.1) is 11.8 Å². The average Bonchev–Trinajstić information content (AvgIpc) is 2.87. The summed E-state index contributed by atoms with van der Waals surface area (Å²) in [4.78, 5) is 0. The second-order valence-corrected chi connectivity index (χ2v) is 4.61. The van der Waals surface area contributed by atoms with Crippen molar-refractivity contribution in [3.63, 3.8) is 0 Å². The zero-order chi connectivity index (χ0) is 9.68. The van der Waals surface area contributed by atoms with Gasteiger partial charge in [0.1, 0.15) is 0 Å². The molecule has 0 aliphatic heterocycles. The van der Waals surface area contributed by atoms with Gasteiger partial charge in [-0.15, -0.1) is 0 Å². The molecule has 0 saturated heterocycles. The normalized spacial score (nSPS) is 19.4. The van der Waals surface area contributed by atoms with Crippen LogP contribution in [0.1, 0.15) is 39.5 Å². The molecule has 0 bridgehead atoms. The Kier molecular flexibility index (Phi) is 4.74. The van der Waals surface area contributed by atoms with Crippen LogP contribution in [0.25, 0.3) is 0 Å². The molecule has 1 rings (SSSR count). The summed E-state index contributed by atoms with van der Waals surface area (Å²) in [5, 5.41) is 3.53. The van der Waals surface area contributed by atoms with Gasteiger partial charge in [0.25, 0.3) is 0 Å². The van der Waals surface area contributed by atoms with E-state index in [2.05, 4.69) is 19.2 Å². The van der Waals surface area contributed by atoms with E-state index in [4.69, 9.17) is 5.73 Å². The Morgan fingerprint density at radius 2 is 2.08 bits per heavy atom. The molecule has 1 saturated carbocycles. The van der Waals surface area contributed by atoms with Gasteiger partial charge in [0, 0.05) is 6.04 Å². The lowest BCUT2D eigenvalue weighted by Gasteiger charge is -2.18. The fourth-order valence-corrected chi connectivity index (χ4v) is 1.68. The van der Waals surface area contributed by atoms with E-state index in [1.54, 1.807) is 0 Å². The molecule has 0 aromatic heterocycles. The molecule has 0 aromatic carbocycles. The second kappa shape index (κ2) is 5.61. The van der Waals surface area contributed by atoms with Crippen LogP contribution in [0.3, 0.4) is 0 Å². The third-order valence-electron chi connectivity index (χ3n) is 3.01. The van der Waals surface area contributed by atoms with Crippen molar-refractivity contribution in [3.05, 3.63) is 0 Å². The Morgan fingerprint density at radius 3 is 2.54 bits per heavy atom. The maximum atomic E-state index is 5.71. The van der Waals surface area contributed by atoms with Crippen molar-refractivity contribution in [2.45, 2.75) is 45.6 Å². The smallest absolute Gasteiger partial charge is 0.00682 e. The molecule has 1 aliphatic rings. The van der Waals surface area contributed by atoms with Crippen molar-refractivity contribution in [3.8, 4) is 0 Å². The molecule has 0 amide bonds. The zero-order valence-corrected chi connectivity index (χ0v) is 9.05. The van der Waals surface area contributed by atoms with E-state index >= 15 is 0 Å². The molecular weight excluding hydrogens is 160 g/mol. The fraction of sp³-hybridized carbons (Fsp3) is 1.00. The highest BCUT2D eigenvalue weighted by atomic mass is 14.9. The molecule has 1 unspecified atom stereocenters. The van der Waals surface area contributed by atoms with E-state index in [1.807, 2.05) is 0 Å². The van der Waals surface area contributed by atoms with Crippen molar-refractivity contribution in [2.24, 2.45) is 17.6 Å². The van der Waals surface area contributed by atoms with Crippen LogP contribution in [0.15, 0.2) is 0 Å². The molecule has 3 N–H and O–H groups in total. The highest BCUT2D eigenvalue weighted by molar-refractivity contribution is 4.80. The van der Waals surface area contributed by atoms with Gasteiger partial charge < -0.3 is 11.1 Å². The van der Waals surface area contributed by atoms with Gasteiger partial charge in [0.05, 0.1) is 0 Å². The van der Waals surface area contributed by atoms with Crippen LogP contribution in [0.5, 0.6) is 0 Å². The Morgan fingerprint density at radius 1 is 1.38 bits per heavy atom. The summed E-state index contributed by atoms with van der Waals surface area (Å²) < 4.78 is 0. The lowest BCUT2D eigenvalue weighted by Crippen LogP contribution is -2.23. The first-order chi connectivity index (χ1) is 6.24. The Balaban J connectivity index is 1.94. The lowest BCUT2D eigenvalue weighted by molar-refractivity contribution is 0.357. The molecular formula is C11H24N2. The van der Waals surface area contributed by atoms with E-state index in [-0.39, 0.29) is 0 Å². The maximum absolute atomic E-state index is 5.71. The number of rotatable bonds is 7. The Hall–Kier alpha value is -0.0800. The van der Waals surface area contributed by atoms with Gasteiger partial charge in [-0.05, 0) is 50.6 Å². The average molecular weight is 184 g/mol. The highest BCUT2D eigenvalue weighted by Crippen LogP contribution is 2.19. The van der Waals surface area contributed by atoms with Crippen LogP contribution in [0.4, 0.5) is 0 Å². The monoisotopic (exact) mass is 184 g/mol. The van der Waals surface area contributed by atoms with Crippen LogP contribution in [-0.4, -0.2) is 19.1 Å². The standard InChI is InChI=1S/C11H24N2/c1-9(2)10(8-12)4-3-7-13-11-5-6-11/h9-11,13H,3-8,12H2,1-2H3. The molecule has 0 aromatic rings. The van der Waals surface area contributed by atoms with Gasteiger partial charge in [-0.25, -0.2) is 0 Å². The largest absolute Gasteiger partial charge is 0.330 e. The summed E-state index contributed by atoms with van der Waals surface area (Å²) in [6.45, 7) is 6.58. The van der Waals surface area contributed by atoms with Crippen molar-refractivity contribution < 1.29 is 0 Å². The third kappa shape index (κ3) is 4.63. The first-order valence-electron chi connectivity index (χ1n) is 5.67.